The zero-order valence-corrected chi connectivity index (χ0v) is 10.8. The minimum absolute atomic E-state index is 0.230. The summed E-state index contributed by atoms with van der Waals surface area (Å²) < 4.78 is 52.8. The van der Waals surface area contributed by atoms with Crippen molar-refractivity contribution in [2.45, 2.75) is 6.42 Å². The standard InChI is InChI=1S/C12H17BF3O3/c1-17-8-9-18-6-3-7-19-12-5-2-4-11(10-12)13(14,15)16/h2,4-5,10H,3,6-9H2,1H3/q-1. The highest BCUT2D eigenvalue weighted by molar-refractivity contribution is 6.73. The summed E-state index contributed by atoms with van der Waals surface area (Å²) in [6.45, 7) is -3.14. The number of methoxy groups -OCH3 is 1. The van der Waals surface area contributed by atoms with E-state index in [1.807, 2.05) is 0 Å². The average Bonchev–Trinajstić information content (AvgIpc) is 2.37. The lowest BCUT2D eigenvalue weighted by Gasteiger charge is -2.16. The van der Waals surface area contributed by atoms with Crippen molar-refractivity contribution in [2.24, 2.45) is 0 Å². The summed E-state index contributed by atoms with van der Waals surface area (Å²) in [4.78, 5) is 0. The summed E-state index contributed by atoms with van der Waals surface area (Å²) in [6.07, 6.45) is 0.616. The van der Waals surface area contributed by atoms with E-state index in [1.165, 1.54) is 12.1 Å². The van der Waals surface area contributed by atoms with Gasteiger partial charge in [-0.1, -0.05) is 12.1 Å². The number of halogens is 3. The van der Waals surface area contributed by atoms with Crippen molar-refractivity contribution in [3.63, 3.8) is 0 Å². The summed E-state index contributed by atoms with van der Waals surface area (Å²) in [5, 5.41) is 0. The Labute approximate surface area is 110 Å². The van der Waals surface area contributed by atoms with Gasteiger partial charge in [0.1, 0.15) is 5.75 Å². The van der Waals surface area contributed by atoms with E-state index < -0.39 is 12.4 Å². The molecule has 0 amide bonds. The molecule has 0 heterocycles. The topological polar surface area (TPSA) is 27.7 Å². The SMILES string of the molecule is COCCOCCCOc1cccc([B-](F)(F)F)c1. The Morgan fingerprint density at radius 1 is 1.05 bits per heavy atom. The fourth-order valence-electron chi connectivity index (χ4n) is 1.40. The normalized spacial score (nSPS) is 11.6. The minimum atomic E-state index is -4.98. The first-order valence-corrected chi connectivity index (χ1v) is 6.03. The van der Waals surface area contributed by atoms with Crippen LogP contribution in [0.5, 0.6) is 5.75 Å². The Morgan fingerprint density at radius 2 is 1.84 bits per heavy atom. The lowest BCUT2D eigenvalue weighted by atomic mass is 9.80. The molecule has 0 bridgehead atoms. The first-order chi connectivity index (χ1) is 9.04. The highest BCUT2D eigenvalue weighted by Gasteiger charge is 2.25. The second-order valence-corrected chi connectivity index (χ2v) is 3.95. The van der Waals surface area contributed by atoms with E-state index >= 15 is 0 Å². The van der Waals surface area contributed by atoms with E-state index in [-0.39, 0.29) is 5.75 Å². The maximum atomic E-state index is 12.5. The molecular weight excluding hydrogens is 260 g/mol. The Balaban J connectivity index is 2.26. The maximum absolute atomic E-state index is 12.5. The van der Waals surface area contributed by atoms with E-state index in [1.54, 1.807) is 7.11 Å². The van der Waals surface area contributed by atoms with Gasteiger partial charge in [-0.2, -0.15) is 0 Å². The van der Waals surface area contributed by atoms with Crippen molar-refractivity contribution < 1.29 is 27.2 Å². The molecule has 0 aliphatic heterocycles. The summed E-state index contributed by atoms with van der Waals surface area (Å²) in [7, 11) is 1.58. The molecular formula is C12H17BF3O3-. The molecule has 1 aromatic rings. The third kappa shape index (κ3) is 6.49. The van der Waals surface area contributed by atoms with Crippen molar-refractivity contribution in [2.75, 3.05) is 33.5 Å². The number of rotatable bonds is 9. The number of hydrogen-bond donors (Lipinski definition) is 0. The summed E-state index contributed by atoms with van der Waals surface area (Å²) in [6, 6.07) is 4.92. The predicted molar refractivity (Wildman–Crippen MR) is 68.0 cm³/mol. The smallest absolute Gasteiger partial charge is 0.494 e. The van der Waals surface area contributed by atoms with Crippen molar-refractivity contribution in [1.29, 1.82) is 0 Å². The molecule has 0 fully saturated rings. The predicted octanol–water partition coefficient (Wildman–Crippen LogP) is 2.17. The van der Waals surface area contributed by atoms with Crippen LogP contribution in [0.4, 0.5) is 12.9 Å². The first kappa shape index (κ1) is 15.9. The van der Waals surface area contributed by atoms with Crippen LogP contribution in [0.25, 0.3) is 0 Å². The Bertz CT molecular complexity index is 371. The Kier molecular flexibility index (Phi) is 6.73. The third-order valence-corrected chi connectivity index (χ3v) is 2.37. The van der Waals surface area contributed by atoms with Gasteiger partial charge in [0.15, 0.2) is 0 Å². The van der Waals surface area contributed by atoms with Crippen LogP contribution >= 0.6 is 0 Å². The van der Waals surface area contributed by atoms with Gasteiger partial charge in [0.25, 0.3) is 0 Å². The molecule has 0 saturated carbocycles. The van der Waals surface area contributed by atoms with Gasteiger partial charge in [0.2, 0.25) is 0 Å². The number of ether oxygens (including phenoxy) is 3. The maximum Gasteiger partial charge on any atom is 0.509 e. The van der Waals surface area contributed by atoms with Gasteiger partial charge in [-0.25, -0.2) is 0 Å². The molecule has 0 aliphatic carbocycles. The zero-order chi connectivity index (χ0) is 14.1. The van der Waals surface area contributed by atoms with Crippen molar-refractivity contribution in [3.05, 3.63) is 24.3 Å². The average molecular weight is 277 g/mol. The molecule has 0 unspecified atom stereocenters. The Morgan fingerprint density at radius 3 is 2.53 bits per heavy atom. The number of hydrogen-bond acceptors (Lipinski definition) is 3. The van der Waals surface area contributed by atoms with E-state index in [0.29, 0.717) is 32.8 Å². The molecule has 108 valence electrons. The second-order valence-electron chi connectivity index (χ2n) is 3.95. The first-order valence-electron chi connectivity index (χ1n) is 6.03. The van der Waals surface area contributed by atoms with Gasteiger partial charge in [-0.3, -0.25) is 0 Å². The molecule has 0 aromatic heterocycles. The van der Waals surface area contributed by atoms with Crippen molar-refractivity contribution in [1.82, 2.24) is 0 Å². The lowest BCUT2D eigenvalue weighted by molar-refractivity contribution is 0.0644. The quantitative estimate of drug-likeness (QED) is 0.511. The highest BCUT2D eigenvalue weighted by Crippen LogP contribution is 2.14. The molecule has 0 spiro atoms. The summed E-state index contributed by atoms with van der Waals surface area (Å²) in [5.41, 5.74) is -0.645. The third-order valence-electron chi connectivity index (χ3n) is 2.37. The van der Waals surface area contributed by atoms with E-state index in [2.05, 4.69) is 0 Å². The molecule has 1 aromatic carbocycles. The lowest BCUT2D eigenvalue weighted by Crippen LogP contribution is -2.33. The van der Waals surface area contributed by atoms with Crippen LogP contribution in [-0.2, 0) is 9.47 Å². The van der Waals surface area contributed by atoms with Crippen LogP contribution in [0.2, 0.25) is 0 Å². The summed E-state index contributed by atoms with van der Waals surface area (Å²) in [5.74, 6) is 0.230. The van der Waals surface area contributed by atoms with Gasteiger partial charge in [0.05, 0.1) is 19.8 Å². The largest absolute Gasteiger partial charge is 0.509 e. The van der Waals surface area contributed by atoms with Crippen LogP contribution in [0, 0.1) is 0 Å². The minimum Gasteiger partial charge on any atom is -0.494 e. The summed E-state index contributed by atoms with van der Waals surface area (Å²) >= 11 is 0. The van der Waals surface area contributed by atoms with Crippen molar-refractivity contribution >= 4 is 12.4 Å². The Hall–Kier alpha value is -1.21. The van der Waals surface area contributed by atoms with Crippen molar-refractivity contribution in [3.8, 4) is 5.75 Å². The van der Waals surface area contributed by atoms with E-state index in [4.69, 9.17) is 14.2 Å². The molecule has 0 atom stereocenters. The molecule has 0 saturated heterocycles. The zero-order valence-electron chi connectivity index (χ0n) is 10.8. The van der Waals surface area contributed by atoms with Gasteiger partial charge >= 0.3 is 6.98 Å². The van der Waals surface area contributed by atoms with Gasteiger partial charge in [-0.15, -0.1) is 5.46 Å². The van der Waals surface area contributed by atoms with Crippen LogP contribution < -0.4 is 10.2 Å². The van der Waals surface area contributed by atoms with Crippen LogP contribution in [0.3, 0.4) is 0 Å². The molecule has 0 aliphatic rings. The fourth-order valence-corrected chi connectivity index (χ4v) is 1.40. The second kappa shape index (κ2) is 8.06. The molecule has 1 rings (SSSR count). The van der Waals surface area contributed by atoms with Crippen LogP contribution in [0.1, 0.15) is 6.42 Å². The highest BCUT2D eigenvalue weighted by atomic mass is 19.4. The number of benzene rings is 1. The molecule has 19 heavy (non-hydrogen) atoms. The van der Waals surface area contributed by atoms with Gasteiger partial charge in [-0.05, 0) is 12.1 Å². The van der Waals surface area contributed by atoms with Gasteiger partial charge in [0, 0.05) is 20.1 Å². The molecule has 3 nitrogen and oxygen atoms in total. The van der Waals surface area contributed by atoms with E-state index in [9.17, 15) is 12.9 Å². The molecule has 0 N–H and O–H groups in total. The van der Waals surface area contributed by atoms with Crippen LogP contribution in [0.15, 0.2) is 24.3 Å². The monoisotopic (exact) mass is 277 g/mol. The molecule has 0 radical (unpaired) electrons. The van der Waals surface area contributed by atoms with Crippen LogP contribution in [-0.4, -0.2) is 40.5 Å². The van der Waals surface area contributed by atoms with E-state index in [0.717, 1.165) is 12.1 Å². The fraction of sp³-hybridized carbons (Fsp3) is 0.500. The van der Waals surface area contributed by atoms with Gasteiger partial charge < -0.3 is 27.2 Å². The molecule has 7 heteroatoms.